The third kappa shape index (κ3) is 4.28. The first-order chi connectivity index (χ1) is 10.8. The first kappa shape index (κ1) is 17.4. The van der Waals surface area contributed by atoms with E-state index < -0.39 is 16.1 Å². The van der Waals surface area contributed by atoms with Gasteiger partial charge in [-0.2, -0.15) is 4.72 Å². The van der Waals surface area contributed by atoms with Gasteiger partial charge in [-0.1, -0.05) is 48.0 Å². The molecule has 2 aromatic carbocycles. The number of aldehydes is 1. The molecule has 0 aromatic heterocycles. The van der Waals surface area contributed by atoms with Crippen molar-refractivity contribution in [3.05, 3.63) is 76.8 Å². The maximum Gasteiger partial charge on any atom is 0.241 e. The van der Waals surface area contributed by atoms with E-state index >= 15 is 0 Å². The molecule has 0 aliphatic carbocycles. The third-order valence-corrected chi connectivity index (χ3v) is 4.98. The minimum Gasteiger partial charge on any atom is -0.298 e. The van der Waals surface area contributed by atoms with Gasteiger partial charge in [-0.3, -0.25) is 4.79 Å². The number of carbonyl (C=O) groups excluding carboxylic acids is 1. The molecule has 0 unspecified atom stereocenters. The van der Waals surface area contributed by atoms with Crippen LogP contribution in [0.5, 0.6) is 0 Å². The van der Waals surface area contributed by atoms with Crippen molar-refractivity contribution in [1.82, 2.24) is 4.72 Å². The summed E-state index contributed by atoms with van der Waals surface area (Å²) in [6.45, 7) is 5.50. The fraction of sp³-hybridized carbons (Fsp3) is 0.118. The van der Waals surface area contributed by atoms with Gasteiger partial charge in [0.05, 0.1) is 10.9 Å². The van der Waals surface area contributed by atoms with Crippen molar-refractivity contribution in [2.45, 2.75) is 17.9 Å². The SMILES string of the molecule is C=C(C=O)[C@@H](NS(=O)(=O)c1ccc(C)cc1)c1cccc(Cl)c1. The van der Waals surface area contributed by atoms with E-state index in [-0.39, 0.29) is 10.5 Å². The average molecular weight is 350 g/mol. The van der Waals surface area contributed by atoms with Crippen LogP contribution in [-0.2, 0) is 14.8 Å². The largest absolute Gasteiger partial charge is 0.298 e. The van der Waals surface area contributed by atoms with E-state index in [9.17, 15) is 13.2 Å². The van der Waals surface area contributed by atoms with E-state index in [4.69, 9.17) is 11.6 Å². The molecule has 1 atom stereocenters. The molecule has 2 aromatic rings. The molecule has 6 heteroatoms. The number of nitrogens with one attached hydrogen (secondary N) is 1. The molecule has 23 heavy (non-hydrogen) atoms. The van der Waals surface area contributed by atoms with Gasteiger partial charge in [-0.05, 0) is 36.8 Å². The molecule has 120 valence electrons. The van der Waals surface area contributed by atoms with Crippen molar-refractivity contribution >= 4 is 27.9 Å². The molecular formula is C17H16ClNO3S. The van der Waals surface area contributed by atoms with Gasteiger partial charge >= 0.3 is 0 Å². The van der Waals surface area contributed by atoms with Crippen LogP contribution in [0.2, 0.25) is 5.02 Å². The summed E-state index contributed by atoms with van der Waals surface area (Å²) in [7, 11) is -3.81. The normalized spacial score (nSPS) is 12.6. The van der Waals surface area contributed by atoms with Gasteiger partial charge in [0.2, 0.25) is 10.0 Å². The second-order valence-corrected chi connectivity index (χ2v) is 7.27. The molecule has 0 bridgehead atoms. The second kappa shape index (κ2) is 7.08. The summed E-state index contributed by atoms with van der Waals surface area (Å²) in [5.41, 5.74) is 1.60. The molecule has 0 aliphatic heterocycles. The summed E-state index contributed by atoms with van der Waals surface area (Å²) in [5.74, 6) is 0. The number of halogens is 1. The highest BCUT2D eigenvalue weighted by atomic mass is 35.5. The lowest BCUT2D eigenvalue weighted by atomic mass is 10.0. The third-order valence-electron chi connectivity index (χ3n) is 3.31. The predicted octanol–water partition coefficient (Wildman–Crippen LogP) is 3.42. The predicted molar refractivity (Wildman–Crippen MR) is 90.9 cm³/mol. The maximum absolute atomic E-state index is 12.5. The first-order valence-corrected chi connectivity index (χ1v) is 8.68. The van der Waals surface area contributed by atoms with Crippen molar-refractivity contribution < 1.29 is 13.2 Å². The minimum absolute atomic E-state index is 0.1000. The molecule has 0 fully saturated rings. The summed E-state index contributed by atoms with van der Waals surface area (Å²) in [6, 6.07) is 12.2. The summed E-state index contributed by atoms with van der Waals surface area (Å²) in [6.07, 6.45) is 0.531. The molecule has 0 amide bonds. The number of carbonyl (C=O) groups is 1. The van der Waals surface area contributed by atoms with Gasteiger partial charge in [0.15, 0.2) is 0 Å². The van der Waals surface area contributed by atoms with Crippen LogP contribution in [-0.4, -0.2) is 14.7 Å². The van der Waals surface area contributed by atoms with Gasteiger partial charge in [-0.15, -0.1) is 0 Å². The number of aryl methyl sites for hydroxylation is 1. The number of hydrogen-bond donors (Lipinski definition) is 1. The monoisotopic (exact) mass is 349 g/mol. The van der Waals surface area contributed by atoms with Crippen LogP contribution in [0.1, 0.15) is 17.2 Å². The number of hydrogen-bond acceptors (Lipinski definition) is 3. The number of benzene rings is 2. The topological polar surface area (TPSA) is 63.2 Å². The lowest BCUT2D eigenvalue weighted by molar-refractivity contribution is -0.105. The lowest BCUT2D eigenvalue weighted by Gasteiger charge is -2.19. The summed E-state index contributed by atoms with van der Waals surface area (Å²) >= 11 is 5.95. The number of sulfonamides is 1. The quantitative estimate of drug-likeness (QED) is 0.642. The smallest absolute Gasteiger partial charge is 0.241 e. The Labute approximate surface area is 140 Å². The van der Waals surface area contributed by atoms with Gasteiger partial charge in [0.25, 0.3) is 0 Å². The van der Waals surface area contributed by atoms with E-state index in [0.717, 1.165) is 5.56 Å². The van der Waals surface area contributed by atoms with Crippen LogP contribution in [0.25, 0.3) is 0 Å². The molecule has 4 nitrogen and oxygen atoms in total. The first-order valence-electron chi connectivity index (χ1n) is 6.82. The minimum atomic E-state index is -3.81. The molecule has 0 saturated carbocycles. The average Bonchev–Trinajstić information content (AvgIpc) is 2.52. The Balaban J connectivity index is 2.39. The van der Waals surface area contributed by atoms with Crippen LogP contribution in [0.15, 0.2) is 65.6 Å². The van der Waals surface area contributed by atoms with Gasteiger partial charge in [-0.25, -0.2) is 8.42 Å². The summed E-state index contributed by atoms with van der Waals surface area (Å²) < 4.78 is 27.6. The van der Waals surface area contributed by atoms with Crippen molar-refractivity contribution in [1.29, 1.82) is 0 Å². The van der Waals surface area contributed by atoms with Crippen molar-refractivity contribution in [3.8, 4) is 0 Å². The van der Waals surface area contributed by atoms with Crippen LogP contribution in [0, 0.1) is 6.92 Å². The van der Waals surface area contributed by atoms with Crippen LogP contribution >= 0.6 is 11.6 Å². The van der Waals surface area contributed by atoms with E-state index in [0.29, 0.717) is 16.9 Å². The van der Waals surface area contributed by atoms with Crippen LogP contribution < -0.4 is 4.72 Å². The van der Waals surface area contributed by atoms with E-state index in [1.165, 1.54) is 12.1 Å². The van der Waals surface area contributed by atoms with Crippen LogP contribution in [0.3, 0.4) is 0 Å². The standard InChI is InChI=1S/C17H16ClNO3S/c1-12-6-8-16(9-7-12)23(21,22)19-17(13(2)11-20)14-4-3-5-15(18)10-14/h3-11,17,19H,2H2,1H3/t17-/m1/s1. The molecule has 0 spiro atoms. The van der Waals surface area contributed by atoms with Crippen LogP contribution in [0.4, 0.5) is 0 Å². The zero-order chi connectivity index (χ0) is 17.0. The highest BCUT2D eigenvalue weighted by Gasteiger charge is 2.23. The van der Waals surface area contributed by atoms with Crippen molar-refractivity contribution in [3.63, 3.8) is 0 Å². The Hall–Kier alpha value is -1.95. The maximum atomic E-state index is 12.5. The van der Waals surface area contributed by atoms with Gasteiger partial charge in [0.1, 0.15) is 6.29 Å². The molecule has 1 N–H and O–H groups in total. The number of rotatable bonds is 6. The van der Waals surface area contributed by atoms with E-state index in [1.54, 1.807) is 36.4 Å². The highest BCUT2D eigenvalue weighted by molar-refractivity contribution is 7.89. The van der Waals surface area contributed by atoms with Gasteiger partial charge < -0.3 is 0 Å². The molecule has 0 aliphatic rings. The molecule has 2 rings (SSSR count). The Morgan fingerprint density at radius 1 is 1.22 bits per heavy atom. The highest BCUT2D eigenvalue weighted by Crippen LogP contribution is 2.24. The lowest BCUT2D eigenvalue weighted by Crippen LogP contribution is -2.30. The summed E-state index contributed by atoms with van der Waals surface area (Å²) in [4.78, 5) is 11.2. The van der Waals surface area contributed by atoms with E-state index in [1.807, 2.05) is 6.92 Å². The molecule has 0 radical (unpaired) electrons. The van der Waals surface area contributed by atoms with Crippen molar-refractivity contribution in [2.24, 2.45) is 0 Å². The fourth-order valence-corrected chi connectivity index (χ4v) is 3.48. The summed E-state index contributed by atoms with van der Waals surface area (Å²) in [5, 5.41) is 0.445. The second-order valence-electron chi connectivity index (χ2n) is 5.12. The van der Waals surface area contributed by atoms with Crippen molar-refractivity contribution in [2.75, 3.05) is 0 Å². The Morgan fingerprint density at radius 3 is 2.43 bits per heavy atom. The Morgan fingerprint density at radius 2 is 1.87 bits per heavy atom. The molecule has 0 heterocycles. The fourth-order valence-electron chi connectivity index (χ4n) is 2.05. The zero-order valence-corrected chi connectivity index (χ0v) is 14.1. The molecule has 0 saturated heterocycles. The molecular weight excluding hydrogens is 334 g/mol. The Kier molecular flexibility index (Phi) is 5.36. The zero-order valence-electron chi connectivity index (χ0n) is 12.5. The Bertz CT molecular complexity index is 829. The van der Waals surface area contributed by atoms with Gasteiger partial charge in [0, 0.05) is 10.6 Å². The van der Waals surface area contributed by atoms with E-state index in [2.05, 4.69) is 11.3 Å².